The number of rotatable bonds is 9. The minimum absolute atomic E-state index is 0.432. The smallest absolute Gasteiger partial charge is 0.212 e. The number of nitrogens with zero attached hydrogens (tertiary/aromatic N) is 4. The molecule has 2 bridgehead atoms. The number of ether oxygens (including phenoxy) is 2. The lowest BCUT2D eigenvalue weighted by Crippen LogP contribution is -2.52. The van der Waals surface area contributed by atoms with Crippen LogP contribution in [0.2, 0.25) is 0 Å². The van der Waals surface area contributed by atoms with E-state index in [4.69, 9.17) is 14.3 Å². The molecule has 1 aromatic heterocycles. The molecule has 0 spiro atoms. The standard InChI is InChI=1S/C27H34N4O3/c1-19-17-30(18-28-19)24-10-7-20(16-25(24)33-4)8-11-26-29-34-27(2,31(26)12-5-13-32-3)23-15-21-6-9-22(23)14-21/h6-11,16-18,21-23H,5,12-15H2,1-4H3/b11-8+. The third kappa shape index (κ3) is 4.13. The quantitative estimate of drug-likeness (QED) is 0.395. The van der Waals surface area contributed by atoms with Crippen LogP contribution in [0.4, 0.5) is 0 Å². The number of allylic oxidation sites excluding steroid dienone is 2. The van der Waals surface area contributed by atoms with Gasteiger partial charge in [0.1, 0.15) is 5.75 Å². The molecule has 2 aromatic rings. The Bertz CT molecular complexity index is 1120. The maximum atomic E-state index is 6.20. The van der Waals surface area contributed by atoms with Crippen molar-refractivity contribution in [2.45, 2.75) is 38.8 Å². The van der Waals surface area contributed by atoms with Crippen LogP contribution in [0.25, 0.3) is 11.8 Å². The summed E-state index contributed by atoms with van der Waals surface area (Å²) in [6, 6.07) is 6.16. The number of methoxy groups -OCH3 is 2. The van der Waals surface area contributed by atoms with Gasteiger partial charge in [-0.3, -0.25) is 0 Å². The van der Waals surface area contributed by atoms with E-state index in [1.165, 1.54) is 6.42 Å². The van der Waals surface area contributed by atoms with Gasteiger partial charge in [-0.1, -0.05) is 29.5 Å². The van der Waals surface area contributed by atoms with Crippen LogP contribution in [0.1, 0.15) is 37.4 Å². The van der Waals surface area contributed by atoms with Gasteiger partial charge in [0.05, 0.1) is 24.8 Å². The Hall–Kier alpha value is -3.06. The fourth-order valence-corrected chi connectivity index (χ4v) is 5.69. The summed E-state index contributed by atoms with van der Waals surface area (Å²) in [7, 11) is 3.44. The molecule has 5 rings (SSSR count). The van der Waals surface area contributed by atoms with Crippen LogP contribution in [-0.4, -0.2) is 53.4 Å². The normalized spacial score (nSPS) is 27.6. The van der Waals surface area contributed by atoms with Crippen molar-refractivity contribution in [3.05, 3.63) is 60.2 Å². The monoisotopic (exact) mass is 462 g/mol. The number of imidazole rings is 1. The highest BCUT2D eigenvalue weighted by atomic mass is 16.7. The molecule has 7 nitrogen and oxygen atoms in total. The second kappa shape index (κ2) is 9.29. The van der Waals surface area contributed by atoms with E-state index in [-0.39, 0.29) is 0 Å². The van der Waals surface area contributed by atoms with Gasteiger partial charge in [0, 0.05) is 32.4 Å². The highest BCUT2D eigenvalue weighted by Crippen LogP contribution is 2.51. The number of aromatic nitrogens is 2. The molecular weight excluding hydrogens is 428 g/mol. The average Bonchev–Trinajstić information content (AvgIpc) is 3.64. The molecule has 0 radical (unpaired) electrons. The number of amidine groups is 1. The summed E-state index contributed by atoms with van der Waals surface area (Å²) in [5.41, 5.74) is 2.53. The Morgan fingerprint density at radius 1 is 1.21 bits per heavy atom. The Kier molecular flexibility index (Phi) is 6.21. The van der Waals surface area contributed by atoms with Crippen LogP contribution in [0, 0.1) is 24.7 Å². The first kappa shape index (κ1) is 22.7. The van der Waals surface area contributed by atoms with Gasteiger partial charge in [0.15, 0.2) is 5.84 Å². The first-order valence-corrected chi connectivity index (χ1v) is 12.1. The van der Waals surface area contributed by atoms with Crippen LogP contribution in [0.5, 0.6) is 5.75 Å². The molecule has 2 aliphatic carbocycles. The van der Waals surface area contributed by atoms with Crippen molar-refractivity contribution in [1.29, 1.82) is 0 Å². The second-order valence-electron chi connectivity index (χ2n) is 9.67. The van der Waals surface area contributed by atoms with Gasteiger partial charge < -0.3 is 23.8 Å². The van der Waals surface area contributed by atoms with Crippen LogP contribution in [-0.2, 0) is 9.57 Å². The van der Waals surface area contributed by atoms with Gasteiger partial charge in [0.25, 0.3) is 0 Å². The molecule has 1 aromatic carbocycles. The molecule has 4 atom stereocenters. The number of fused-ring (bicyclic) bond motifs is 2. The number of oxime groups is 1. The number of benzene rings is 1. The second-order valence-corrected chi connectivity index (χ2v) is 9.67. The zero-order chi connectivity index (χ0) is 23.7. The highest BCUT2D eigenvalue weighted by molar-refractivity contribution is 5.97. The maximum absolute atomic E-state index is 6.20. The van der Waals surface area contributed by atoms with E-state index in [2.05, 4.69) is 58.4 Å². The van der Waals surface area contributed by atoms with Gasteiger partial charge in [-0.25, -0.2) is 4.98 Å². The summed E-state index contributed by atoms with van der Waals surface area (Å²) in [6.07, 6.45) is 16.0. The van der Waals surface area contributed by atoms with E-state index in [0.717, 1.165) is 47.9 Å². The molecule has 7 heteroatoms. The van der Waals surface area contributed by atoms with Gasteiger partial charge in [-0.2, -0.15) is 0 Å². The maximum Gasteiger partial charge on any atom is 0.212 e. The van der Waals surface area contributed by atoms with Crippen molar-refractivity contribution in [3.63, 3.8) is 0 Å². The summed E-state index contributed by atoms with van der Waals surface area (Å²) < 4.78 is 13.0. The molecule has 1 fully saturated rings. The summed E-state index contributed by atoms with van der Waals surface area (Å²) in [5.74, 6) is 3.35. The topological polar surface area (TPSA) is 61.1 Å². The molecule has 4 unspecified atom stereocenters. The fraction of sp³-hybridized carbons (Fsp3) is 0.481. The molecule has 1 saturated carbocycles. The van der Waals surface area contributed by atoms with Gasteiger partial charge in [-0.15, -0.1) is 0 Å². The van der Waals surface area contributed by atoms with Crippen LogP contribution in [0.3, 0.4) is 0 Å². The third-order valence-corrected chi connectivity index (χ3v) is 7.45. The van der Waals surface area contributed by atoms with Crippen molar-refractivity contribution in [3.8, 4) is 11.4 Å². The summed E-state index contributed by atoms with van der Waals surface area (Å²) in [4.78, 5) is 12.9. The predicted molar refractivity (Wildman–Crippen MR) is 133 cm³/mol. The molecule has 2 heterocycles. The summed E-state index contributed by atoms with van der Waals surface area (Å²) >= 11 is 0. The molecule has 180 valence electrons. The fourth-order valence-electron chi connectivity index (χ4n) is 5.69. The zero-order valence-electron chi connectivity index (χ0n) is 20.5. The van der Waals surface area contributed by atoms with E-state index >= 15 is 0 Å². The third-order valence-electron chi connectivity index (χ3n) is 7.45. The molecule has 0 saturated heterocycles. The van der Waals surface area contributed by atoms with E-state index in [9.17, 15) is 0 Å². The number of hydrogen-bond donors (Lipinski definition) is 0. The number of hydrogen-bond acceptors (Lipinski definition) is 6. The Labute approximate surface area is 201 Å². The molecule has 3 aliphatic rings. The molecular formula is C27H34N4O3. The summed E-state index contributed by atoms with van der Waals surface area (Å²) in [5, 5.41) is 4.55. The lowest BCUT2D eigenvalue weighted by molar-refractivity contribution is -0.133. The highest BCUT2D eigenvalue weighted by Gasteiger charge is 2.54. The summed E-state index contributed by atoms with van der Waals surface area (Å²) in [6.45, 7) is 5.73. The molecule has 1 aliphatic heterocycles. The lowest BCUT2D eigenvalue weighted by atomic mass is 9.83. The first-order chi connectivity index (χ1) is 16.5. The first-order valence-electron chi connectivity index (χ1n) is 12.1. The van der Waals surface area contributed by atoms with Gasteiger partial charge >= 0.3 is 0 Å². The Morgan fingerprint density at radius 3 is 2.76 bits per heavy atom. The molecule has 0 amide bonds. The minimum Gasteiger partial charge on any atom is -0.495 e. The van der Waals surface area contributed by atoms with Crippen LogP contribution < -0.4 is 4.74 Å². The van der Waals surface area contributed by atoms with E-state index in [1.807, 2.05) is 23.8 Å². The van der Waals surface area contributed by atoms with Crippen molar-refractivity contribution >= 4 is 11.9 Å². The van der Waals surface area contributed by atoms with Gasteiger partial charge in [0.2, 0.25) is 5.72 Å². The Morgan fingerprint density at radius 2 is 2.09 bits per heavy atom. The average molecular weight is 463 g/mol. The zero-order valence-corrected chi connectivity index (χ0v) is 20.5. The van der Waals surface area contributed by atoms with Crippen molar-refractivity contribution in [2.24, 2.45) is 22.9 Å². The lowest BCUT2D eigenvalue weighted by Gasteiger charge is -2.41. The molecule has 0 N–H and O–H groups in total. The van der Waals surface area contributed by atoms with E-state index < -0.39 is 5.72 Å². The van der Waals surface area contributed by atoms with Crippen LogP contribution >= 0.6 is 0 Å². The van der Waals surface area contributed by atoms with Crippen LogP contribution in [0.15, 0.2) is 54.1 Å². The van der Waals surface area contributed by atoms with Crippen molar-refractivity contribution in [1.82, 2.24) is 14.5 Å². The van der Waals surface area contributed by atoms with Crippen molar-refractivity contribution < 1.29 is 14.3 Å². The predicted octanol–water partition coefficient (Wildman–Crippen LogP) is 4.81. The van der Waals surface area contributed by atoms with E-state index in [0.29, 0.717) is 24.4 Å². The van der Waals surface area contributed by atoms with Gasteiger partial charge in [-0.05, 0) is 68.7 Å². The largest absolute Gasteiger partial charge is 0.495 e. The Balaban J connectivity index is 1.37. The van der Waals surface area contributed by atoms with E-state index in [1.54, 1.807) is 20.5 Å². The molecule has 34 heavy (non-hydrogen) atoms. The number of aryl methyl sites for hydroxylation is 1. The minimum atomic E-state index is -0.432. The van der Waals surface area contributed by atoms with Crippen molar-refractivity contribution in [2.75, 3.05) is 27.4 Å². The SMILES string of the molecule is COCCCN1C(/C=C/c2ccc(-n3cnc(C)c3)c(OC)c2)=NOC1(C)C1CC2C=CC1C2.